The molecule has 11 heteroatoms. The van der Waals surface area contributed by atoms with Gasteiger partial charge in [-0.05, 0) is 12.1 Å². The van der Waals surface area contributed by atoms with Gasteiger partial charge in [0.25, 0.3) is 0 Å². The Kier molecular flexibility index (Phi) is 10.2. The van der Waals surface area contributed by atoms with Crippen molar-refractivity contribution in [3.05, 3.63) is 50.6 Å². The highest BCUT2D eigenvalue weighted by molar-refractivity contribution is 5.70. The van der Waals surface area contributed by atoms with E-state index >= 15 is 0 Å². The van der Waals surface area contributed by atoms with E-state index in [0.717, 1.165) is 0 Å². The minimum atomic E-state index is -1.09. The lowest BCUT2D eigenvalue weighted by Gasteiger charge is -2.01. The number of hydrazine groups is 2. The highest BCUT2D eigenvalue weighted by atomic mass is 16.8. The predicted octanol–water partition coefficient (Wildman–Crippen LogP) is -0.140. The maximum Gasteiger partial charge on any atom is 0.228 e. The number of nitrogens with zero attached hydrogens (tertiary/aromatic N) is 3. The van der Waals surface area contributed by atoms with E-state index in [1.165, 1.54) is 38.1 Å². The number of amides is 2. The molecule has 11 nitrogen and oxygen atoms in total. The molecule has 0 aliphatic rings. The van der Waals surface area contributed by atoms with Crippen molar-refractivity contribution >= 4 is 17.5 Å². The minimum absolute atomic E-state index is 0.0856. The zero-order chi connectivity index (χ0) is 17.0. The van der Waals surface area contributed by atoms with Crippen LogP contribution in [0.3, 0.4) is 0 Å². The lowest BCUT2D eigenvalue weighted by Crippen LogP contribution is -2.35. The van der Waals surface area contributed by atoms with Gasteiger partial charge in [0.1, 0.15) is 0 Å². The Hall–Kier alpha value is -3.24. The van der Waals surface area contributed by atoms with Crippen molar-refractivity contribution in [2.45, 2.75) is 13.8 Å². The summed E-state index contributed by atoms with van der Waals surface area (Å²) >= 11 is 0. The second-order valence-corrected chi connectivity index (χ2v) is 3.32. The van der Waals surface area contributed by atoms with E-state index in [0.29, 0.717) is 0 Å². The molecule has 4 N–H and O–H groups in total. The topological polar surface area (TPSA) is 176 Å². The van der Waals surface area contributed by atoms with Crippen LogP contribution in [0.2, 0.25) is 0 Å². The molecule has 0 saturated heterocycles. The van der Waals surface area contributed by atoms with E-state index in [4.69, 9.17) is 0 Å². The first-order valence-electron chi connectivity index (χ1n) is 5.25. The number of anilines is 1. The summed E-state index contributed by atoms with van der Waals surface area (Å²) in [5.41, 5.74) is 8.86. The van der Waals surface area contributed by atoms with Gasteiger partial charge >= 0.3 is 0 Å². The van der Waals surface area contributed by atoms with Crippen LogP contribution in [-0.2, 0) is 9.59 Å². The second-order valence-electron chi connectivity index (χ2n) is 3.32. The Morgan fingerprint density at radius 1 is 0.952 bits per heavy atom. The SMILES string of the molecule is CC(N)=O.CC(N)=O.O=[N+]([O-])N(c1ccccc1)[N+](=O)[O-]. The highest BCUT2D eigenvalue weighted by Crippen LogP contribution is 2.12. The molecule has 1 aromatic carbocycles. The molecule has 0 radical (unpaired) electrons. The van der Waals surface area contributed by atoms with E-state index in [9.17, 15) is 29.8 Å². The normalized spacial score (nSPS) is 8.10. The van der Waals surface area contributed by atoms with Crippen molar-refractivity contribution in [1.29, 1.82) is 0 Å². The van der Waals surface area contributed by atoms with Crippen molar-refractivity contribution in [1.82, 2.24) is 0 Å². The van der Waals surface area contributed by atoms with Crippen LogP contribution in [0.5, 0.6) is 0 Å². The zero-order valence-electron chi connectivity index (χ0n) is 11.3. The summed E-state index contributed by atoms with van der Waals surface area (Å²) in [6.07, 6.45) is 0. The molecular weight excluding hydrogens is 286 g/mol. The number of primary amides is 2. The van der Waals surface area contributed by atoms with Crippen LogP contribution in [0.4, 0.5) is 5.69 Å². The van der Waals surface area contributed by atoms with Crippen molar-refractivity contribution in [2.24, 2.45) is 11.5 Å². The van der Waals surface area contributed by atoms with Gasteiger partial charge in [-0.15, -0.1) is 0 Å². The summed E-state index contributed by atoms with van der Waals surface area (Å²) < 4.78 is 0. The monoisotopic (exact) mass is 301 g/mol. The minimum Gasteiger partial charge on any atom is -0.370 e. The maximum absolute atomic E-state index is 10.2. The molecule has 0 aromatic heterocycles. The fraction of sp³-hybridized carbons (Fsp3) is 0.200. The van der Waals surface area contributed by atoms with Crippen LogP contribution in [-0.4, -0.2) is 21.9 Å². The van der Waals surface area contributed by atoms with Gasteiger partial charge in [-0.1, -0.05) is 18.2 Å². The van der Waals surface area contributed by atoms with Gasteiger partial charge in [0, 0.05) is 13.8 Å². The van der Waals surface area contributed by atoms with Gasteiger partial charge in [-0.3, -0.25) is 9.59 Å². The summed E-state index contributed by atoms with van der Waals surface area (Å²) in [6.45, 7) is 2.61. The average molecular weight is 301 g/mol. The first kappa shape index (κ1) is 20.1. The molecule has 0 fully saturated rings. The van der Waals surface area contributed by atoms with Crippen molar-refractivity contribution in [2.75, 3.05) is 5.12 Å². The van der Waals surface area contributed by atoms with Crippen LogP contribution < -0.4 is 16.6 Å². The highest BCUT2D eigenvalue weighted by Gasteiger charge is 2.29. The number of hydrogen-bond donors (Lipinski definition) is 2. The van der Waals surface area contributed by atoms with Crippen molar-refractivity contribution < 1.29 is 19.7 Å². The molecule has 1 rings (SSSR count). The first-order chi connectivity index (χ1) is 9.59. The summed E-state index contributed by atoms with van der Waals surface area (Å²) in [4.78, 5) is 38.9. The zero-order valence-corrected chi connectivity index (χ0v) is 11.3. The van der Waals surface area contributed by atoms with E-state index < -0.39 is 10.1 Å². The van der Waals surface area contributed by atoms with Crippen LogP contribution in [0, 0.1) is 20.2 Å². The second kappa shape index (κ2) is 10.7. The van der Waals surface area contributed by atoms with Gasteiger partial charge in [0.15, 0.2) is 10.8 Å². The number of para-hydroxylation sites is 1. The standard InChI is InChI=1S/C6H5N3O4.2C2H5NO/c10-8(11)7(9(12)13)6-4-2-1-3-5-6;2*1-2(3)4/h1-5H;2*1H3,(H2,3,4). The number of hydrogen-bond acceptors (Lipinski definition) is 6. The van der Waals surface area contributed by atoms with Crippen molar-refractivity contribution in [3.63, 3.8) is 0 Å². The molecule has 1 aromatic rings. The van der Waals surface area contributed by atoms with E-state index in [2.05, 4.69) is 11.5 Å². The van der Waals surface area contributed by atoms with Gasteiger partial charge < -0.3 is 11.5 Å². The van der Waals surface area contributed by atoms with Gasteiger partial charge in [-0.2, -0.15) is 0 Å². The lowest BCUT2D eigenvalue weighted by molar-refractivity contribution is -0.711. The smallest absolute Gasteiger partial charge is 0.228 e. The number of carbonyl (C=O) groups is 2. The van der Waals surface area contributed by atoms with Gasteiger partial charge in [0.2, 0.25) is 21.9 Å². The first-order valence-corrected chi connectivity index (χ1v) is 5.25. The Balaban J connectivity index is 0. The molecule has 2 amide bonds. The fourth-order valence-corrected chi connectivity index (χ4v) is 0.810. The largest absolute Gasteiger partial charge is 0.370 e. The molecule has 0 saturated carbocycles. The Morgan fingerprint density at radius 3 is 1.48 bits per heavy atom. The van der Waals surface area contributed by atoms with Crippen LogP contribution >= 0.6 is 0 Å². The lowest BCUT2D eigenvalue weighted by atomic mass is 10.3. The summed E-state index contributed by atoms with van der Waals surface area (Å²) in [5.74, 6) is -0.667. The molecule has 0 heterocycles. The molecule has 116 valence electrons. The van der Waals surface area contributed by atoms with E-state index in [1.807, 2.05) is 0 Å². The number of rotatable bonds is 3. The molecule has 0 unspecified atom stereocenters. The molecule has 0 aliphatic heterocycles. The molecular formula is C10H15N5O6. The number of benzene rings is 1. The summed E-state index contributed by atoms with van der Waals surface area (Å²) in [6, 6.07) is 7.14. The molecule has 0 spiro atoms. The Bertz CT molecular complexity index is 458. The Morgan fingerprint density at radius 2 is 1.24 bits per heavy atom. The average Bonchev–Trinajstić information content (AvgIpc) is 2.27. The third kappa shape index (κ3) is 13.0. The Labute approximate surface area is 119 Å². The van der Waals surface area contributed by atoms with Crippen LogP contribution in [0.1, 0.15) is 13.8 Å². The van der Waals surface area contributed by atoms with Gasteiger partial charge in [0.05, 0.1) is 0 Å². The molecule has 0 atom stereocenters. The van der Waals surface area contributed by atoms with Gasteiger partial charge in [-0.25, -0.2) is 20.2 Å². The quantitative estimate of drug-likeness (QED) is 0.576. The number of carbonyl (C=O) groups excluding carboxylic acids is 2. The third-order valence-corrected chi connectivity index (χ3v) is 1.30. The maximum atomic E-state index is 10.2. The summed E-state index contributed by atoms with van der Waals surface area (Å²) in [5, 5.41) is 18.1. The fourth-order valence-electron chi connectivity index (χ4n) is 0.810. The van der Waals surface area contributed by atoms with Crippen LogP contribution in [0.25, 0.3) is 0 Å². The molecule has 0 aliphatic carbocycles. The summed E-state index contributed by atoms with van der Waals surface area (Å²) in [7, 11) is 0. The third-order valence-electron chi connectivity index (χ3n) is 1.30. The predicted molar refractivity (Wildman–Crippen MR) is 72.6 cm³/mol. The van der Waals surface area contributed by atoms with E-state index in [-0.39, 0.29) is 22.6 Å². The van der Waals surface area contributed by atoms with E-state index in [1.54, 1.807) is 6.07 Å². The molecule has 21 heavy (non-hydrogen) atoms. The number of nitrogens with two attached hydrogens (primary N) is 2. The van der Waals surface area contributed by atoms with Crippen molar-refractivity contribution in [3.8, 4) is 0 Å². The van der Waals surface area contributed by atoms with Crippen LogP contribution in [0.15, 0.2) is 30.3 Å². The number of nitro groups is 2. The molecule has 0 bridgehead atoms.